The molecule has 0 bridgehead atoms. The highest BCUT2D eigenvalue weighted by atomic mass is 19.1. The van der Waals surface area contributed by atoms with Crippen LogP contribution >= 0.6 is 0 Å². The van der Waals surface area contributed by atoms with Gasteiger partial charge in [0, 0.05) is 11.1 Å². The van der Waals surface area contributed by atoms with Crippen molar-refractivity contribution in [2.45, 2.75) is 26.6 Å². The monoisotopic (exact) mass is 346 g/mol. The Morgan fingerprint density at radius 3 is 2.84 bits per heavy atom. The first-order chi connectivity index (χ1) is 12.1. The molecule has 6 heteroatoms. The fourth-order valence-corrected chi connectivity index (χ4v) is 2.48. The van der Waals surface area contributed by atoms with Crippen molar-refractivity contribution < 1.29 is 28.1 Å². The number of hydrogen-bond acceptors (Lipinski definition) is 5. The Morgan fingerprint density at radius 1 is 1.24 bits per heavy atom. The summed E-state index contributed by atoms with van der Waals surface area (Å²) in [5.74, 6) is 0.390. The molecule has 0 amide bonds. The van der Waals surface area contributed by atoms with Crippen LogP contribution in [0, 0.1) is 12.7 Å². The van der Waals surface area contributed by atoms with Gasteiger partial charge in [0.05, 0.1) is 19.6 Å². The number of fused-ring (bicyclic) bond motifs is 1. The molecule has 1 aliphatic heterocycles. The standard InChI is InChI=1S/C19H19FO5/c1-13-2-4-17(5-3-13)23-7-6-18(21)24-11-15-9-16(20)8-14-10-22-12-25-19(14)15/h2-5,8-9H,6-7,10-12H2,1H3. The highest BCUT2D eigenvalue weighted by molar-refractivity contribution is 5.69. The van der Waals surface area contributed by atoms with Crippen LogP contribution in [-0.2, 0) is 27.5 Å². The van der Waals surface area contributed by atoms with Crippen LogP contribution in [0.25, 0.3) is 0 Å². The van der Waals surface area contributed by atoms with E-state index in [2.05, 4.69) is 0 Å². The second-order valence-electron chi connectivity index (χ2n) is 5.74. The van der Waals surface area contributed by atoms with Gasteiger partial charge in [-0.3, -0.25) is 4.79 Å². The van der Waals surface area contributed by atoms with E-state index in [1.54, 1.807) is 0 Å². The van der Waals surface area contributed by atoms with Crippen LogP contribution in [0.5, 0.6) is 11.5 Å². The Bertz CT molecular complexity index is 742. The number of hydrogen-bond donors (Lipinski definition) is 0. The van der Waals surface area contributed by atoms with Crippen molar-refractivity contribution in [1.82, 2.24) is 0 Å². The first kappa shape index (κ1) is 17.2. The summed E-state index contributed by atoms with van der Waals surface area (Å²) < 4.78 is 34.8. The third-order valence-corrected chi connectivity index (χ3v) is 3.74. The quantitative estimate of drug-likeness (QED) is 0.749. The SMILES string of the molecule is Cc1ccc(OCCC(=O)OCc2cc(F)cc3c2OCOC3)cc1. The van der Waals surface area contributed by atoms with E-state index in [1.165, 1.54) is 12.1 Å². The zero-order valence-electron chi connectivity index (χ0n) is 13.9. The smallest absolute Gasteiger partial charge is 0.309 e. The zero-order valence-corrected chi connectivity index (χ0v) is 13.9. The maximum absolute atomic E-state index is 13.6. The first-order valence-corrected chi connectivity index (χ1v) is 7.99. The van der Waals surface area contributed by atoms with Crippen LogP contribution in [-0.4, -0.2) is 19.4 Å². The van der Waals surface area contributed by atoms with Crippen LogP contribution < -0.4 is 9.47 Å². The lowest BCUT2D eigenvalue weighted by molar-refractivity contribution is -0.145. The van der Waals surface area contributed by atoms with Crippen LogP contribution in [0.2, 0.25) is 0 Å². The number of carbonyl (C=O) groups excluding carboxylic acids is 1. The Kier molecular flexibility index (Phi) is 5.50. The minimum Gasteiger partial charge on any atom is -0.493 e. The van der Waals surface area contributed by atoms with Crippen molar-refractivity contribution in [3.8, 4) is 11.5 Å². The van der Waals surface area contributed by atoms with Gasteiger partial charge >= 0.3 is 5.97 Å². The van der Waals surface area contributed by atoms with Gasteiger partial charge in [0.1, 0.15) is 23.9 Å². The summed E-state index contributed by atoms with van der Waals surface area (Å²) in [7, 11) is 0. The van der Waals surface area contributed by atoms with Gasteiger partial charge in [-0.2, -0.15) is 0 Å². The van der Waals surface area contributed by atoms with Crippen molar-refractivity contribution in [2.75, 3.05) is 13.4 Å². The maximum Gasteiger partial charge on any atom is 0.309 e. The highest BCUT2D eigenvalue weighted by Gasteiger charge is 2.18. The van der Waals surface area contributed by atoms with Crippen molar-refractivity contribution in [3.05, 3.63) is 58.9 Å². The van der Waals surface area contributed by atoms with Gasteiger partial charge in [-0.05, 0) is 31.2 Å². The molecule has 1 aliphatic rings. The molecular formula is C19H19FO5. The molecule has 0 N–H and O–H groups in total. The summed E-state index contributed by atoms with van der Waals surface area (Å²) >= 11 is 0. The van der Waals surface area contributed by atoms with Gasteiger partial charge in [-0.25, -0.2) is 4.39 Å². The second kappa shape index (κ2) is 7.98. The third-order valence-electron chi connectivity index (χ3n) is 3.74. The fourth-order valence-electron chi connectivity index (χ4n) is 2.48. The molecule has 0 radical (unpaired) electrons. The van der Waals surface area contributed by atoms with Crippen molar-refractivity contribution in [1.29, 1.82) is 0 Å². The molecule has 2 aromatic rings. The molecular weight excluding hydrogens is 327 g/mol. The summed E-state index contributed by atoms with van der Waals surface area (Å²) in [6.07, 6.45) is 0.106. The average Bonchev–Trinajstić information content (AvgIpc) is 2.61. The van der Waals surface area contributed by atoms with E-state index in [4.69, 9.17) is 18.9 Å². The van der Waals surface area contributed by atoms with Crippen molar-refractivity contribution >= 4 is 5.97 Å². The van der Waals surface area contributed by atoms with E-state index in [-0.39, 0.29) is 33.0 Å². The number of ether oxygens (including phenoxy) is 4. The van der Waals surface area contributed by atoms with Gasteiger partial charge in [0.25, 0.3) is 0 Å². The lowest BCUT2D eigenvalue weighted by Gasteiger charge is -2.20. The molecule has 0 aliphatic carbocycles. The Labute approximate surface area is 145 Å². The molecule has 0 unspecified atom stereocenters. The number of rotatable bonds is 6. The average molecular weight is 346 g/mol. The predicted molar refractivity (Wildman–Crippen MR) is 87.8 cm³/mol. The van der Waals surface area contributed by atoms with Gasteiger partial charge in [0.15, 0.2) is 6.79 Å². The Balaban J connectivity index is 1.49. The van der Waals surface area contributed by atoms with Crippen LogP contribution in [0.15, 0.2) is 36.4 Å². The summed E-state index contributed by atoms with van der Waals surface area (Å²) in [5, 5.41) is 0. The van der Waals surface area contributed by atoms with Gasteiger partial charge < -0.3 is 18.9 Å². The van der Waals surface area contributed by atoms with Gasteiger partial charge in [-0.15, -0.1) is 0 Å². The van der Waals surface area contributed by atoms with E-state index in [1.807, 2.05) is 31.2 Å². The van der Waals surface area contributed by atoms with Crippen molar-refractivity contribution in [3.63, 3.8) is 0 Å². The Morgan fingerprint density at radius 2 is 2.04 bits per heavy atom. The lowest BCUT2D eigenvalue weighted by Crippen LogP contribution is -2.15. The molecule has 3 rings (SSSR count). The number of aryl methyl sites for hydroxylation is 1. The largest absolute Gasteiger partial charge is 0.493 e. The van der Waals surface area contributed by atoms with Gasteiger partial charge in [0.2, 0.25) is 0 Å². The van der Waals surface area contributed by atoms with E-state index in [0.717, 1.165) is 5.56 Å². The molecule has 0 saturated carbocycles. The molecule has 132 valence electrons. The predicted octanol–water partition coefficient (Wildman–Crippen LogP) is 3.51. The first-order valence-electron chi connectivity index (χ1n) is 7.99. The summed E-state index contributed by atoms with van der Waals surface area (Å²) in [6.45, 7) is 2.53. The molecule has 0 fully saturated rings. The minimum atomic E-state index is -0.419. The van der Waals surface area contributed by atoms with Crippen molar-refractivity contribution in [2.24, 2.45) is 0 Å². The topological polar surface area (TPSA) is 54.0 Å². The normalized spacial score (nSPS) is 12.9. The number of halogens is 1. The van der Waals surface area contributed by atoms with E-state index in [0.29, 0.717) is 22.6 Å². The van der Waals surface area contributed by atoms with Crippen LogP contribution in [0.4, 0.5) is 4.39 Å². The minimum absolute atomic E-state index is 0.0521. The summed E-state index contributed by atoms with van der Waals surface area (Å²) in [6, 6.07) is 10.2. The maximum atomic E-state index is 13.6. The highest BCUT2D eigenvalue weighted by Crippen LogP contribution is 2.30. The van der Waals surface area contributed by atoms with Gasteiger partial charge in [-0.1, -0.05) is 17.7 Å². The number of carbonyl (C=O) groups is 1. The lowest BCUT2D eigenvalue weighted by atomic mass is 10.1. The number of esters is 1. The molecule has 0 saturated heterocycles. The van der Waals surface area contributed by atoms with Crippen LogP contribution in [0.3, 0.4) is 0 Å². The molecule has 0 atom stereocenters. The third kappa shape index (κ3) is 4.70. The molecule has 2 aromatic carbocycles. The molecule has 5 nitrogen and oxygen atoms in total. The fraction of sp³-hybridized carbons (Fsp3) is 0.316. The number of benzene rings is 2. The molecule has 1 heterocycles. The van der Waals surface area contributed by atoms with E-state index < -0.39 is 11.8 Å². The summed E-state index contributed by atoms with van der Waals surface area (Å²) in [5.41, 5.74) is 2.24. The molecule has 25 heavy (non-hydrogen) atoms. The summed E-state index contributed by atoms with van der Waals surface area (Å²) in [4.78, 5) is 11.9. The molecule has 0 aromatic heterocycles. The van der Waals surface area contributed by atoms with Crippen LogP contribution in [0.1, 0.15) is 23.1 Å². The zero-order chi connectivity index (χ0) is 17.6. The molecule has 0 spiro atoms. The second-order valence-corrected chi connectivity index (χ2v) is 5.74. The van der Waals surface area contributed by atoms with E-state index >= 15 is 0 Å². The Hall–Kier alpha value is -2.60. The van der Waals surface area contributed by atoms with E-state index in [9.17, 15) is 9.18 Å².